The summed E-state index contributed by atoms with van der Waals surface area (Å²) in [5.41, 5.74) is 2.68. The van der Waals surface area contributed by atoms with Gasteiger partial charge in [-0.25, -0.2) is 4.39 Å². The Morgan fingerprint density at radius 2 is 2.00 bits per heavy atom. The number of nitrogens with zero attached hydrogens (tertiary/aromatic N) is 3. The minimum absolute atomic E-state index is 0.0373. The first-order valence-corrected chi connectivity index (χ1v) is 10.6. The number of amides is 1. The maximum absolute atomic E-state index is 13.0. The van der Waals surface area contributed by atoms with Gasteiger partial charge in [-0.1, -0.05) is 52.9 Å². The topological polar surface area (TPSA) is 58.1 Å². The number of carbonyl (C=O) groups excluding carboxylic acids is 1. The molecule has 0 aliphatic carbocycles. The number of hydrogen-bond acceptors (Lipinski definition) is 6. The zero-order valence-corrected chi connectivity index (χ0v) is 17.7. The van der Waals surface area contributed by atoms with Crippen molar-refractivity contribution in [3.8, 4) is 0 Å². The van der Waals surface area contributed by atoms with Crippen molar-refractivity contribution >= 4 is 51.4 Å². The van der Waals surface area contributed by atoms with Gasteiger partial charge in [-0.2, -0.15) is 0 Å². The number of rotatable bonds is 7. The number of hydrogen-bond donors (Lipinski definition) is 1. The molecular weight excluding hydrogens is 419 g/mol. The van der Waals surface area contributed by atoms with E-state index in [1.54, 1.807) is 24.1 Å². The van der Waals surface area contributed by atoms with Crippen LogP contribution in [0.25, 0.3) is 0 Å². The highest BCUT2D eigenvalue weighted by Crippen LogP contribution is 2.30. The van der Waals surface area contributed by atoms with E-state index in [0.29, 0.717) is 21.0 Å². The van der Waals surface area contributed by atoms with E-state index in [4.69, 9.17) is 11.6 Å². The molecule has 0 spiro atoms. The molecule has 9 heteroatoms. The van der Waals surface area contributed by atoms with E-state index in [1.165, 1.54) is 35.2 Å². The second kappa shape index (κ2) is 9.36. The van der Waals surface area contributed by atoms with Gasteiger partial charge >= 0.3 is 0 Å². The number of anilines is 2. The van der Waals surface area contributed by atoms with Crippen molar-refractivity contribution in [2.75, 3.05) is 18.1 Å². The van der Waals surface area contributed by atoms with Crippen LogP contribution in [-0.4, -0.2) is 33.8 Å². The lowest BCUT2D eigenvalue weighted by Gasteiger charge is -2.16. The predicted octanol–water partition coefficient (Wildman–Crippen LogP) is 5.13. The molecule has 1 heterocycles. The first kappa shape index (κ1) is 20.6. The predicted molar refractivity (Wildman–Crippen MR) is 113 cm³/mol. The van der Waals surface area contributed by atoms with E-state index in [0.717, 1.165) is 16.8 Å². The highest BCUT2D eigenvalue weighted by molar-refractivity contribution is 8.01. The fourth-order valence-corrected chi connectivity index (χ4v) is 4.24. The molecular formula is C19H18ClFN4OS2. The summed E-state index contributed by atoms with van der Waals surface area (Å²) < 4.78 is 13.7. The molecule has 28 heavy (non-hydrogen) atoms. The molecule has 0 fully saturated rings. The van der Waals surface area contributed by atoms with Gasteiger partial charge in [-0.05, 0) is 42.3 Å². The fourth-order valence-electron chi connectivity index (χ4n) is 2.36. The zero-order valence-electron chi connectivity index (χ0n) is 15.3. The minimum atomic E-state index is -0.290. The Morgan fingerprint density at radius 3 is 2.75 bits per heavy atom. The molecule has 3 rings (SSSR count). The second-order valence-corrected chi connectivity index (χ2v) is 8.68. The standard InChI is InChI=1S/C19H18ClFN4OS2/c1-12-15(20)4-3-5-16(12)22-18-23-24-19(28-18)27-11-17(26)25(2)10-13-6-8-14(21)9-7-13/h3-9H,10-11H2,1-2H3,(H,22,23). The molecule has 0 saturated carbocycles. The zero-order chi connectivity index (χ0) is 20.1. The van der Waals surface area contributed by atoms with Gasteiger partial charge in [0.25, 0.3) is 0 Å². The van der Waals surface area contributed by atoms with Crippen LogP contribution in [0.2, 0.25) is 5.02 Å². The number of carbonyl (C=O) groups is 1. The summed E-state index contributed by atoms with van der Waals surface area (Å²) in [4.78, 5) is 13.9. The normalized spacial score (nSPS) is 10.7. The van der Waals surface area contributed by atoms with E-state index in [-0.39, 0.29) is 17.5 Å². The molecule has 0 radical (unpaired) electrons. The molecule has 5 nitrogen and oxygen atoms in total. The van der Waals surface area contributed by atoms with Crippen molar-refractivity contribution in [2.45, 2.75) is 17.8 Å². The molecule has 2 aromatic carbocycles. The lowest BCUT2D eigenvalue weighted by atomic mass is 10.2. The molecule has 0 atom stereocenters. The van der Waals surface area contributed by atoms with Gasteiger partial charge in [0, 0.05) is 24.3 Å². The smallest absolute Gasteiger partial charge is 0.233 e. The molecule has 0 unspecified atom stereocenters. The Kier molecular flexibility index (Phi) is 6.88. The molecule has 1 aromatic heterocycles. The lowest BCUT2D eigenvalue weighted by Crippen LogP contribution is -2.27. The summed E-state index contributed by atoms with van der Waals surface area (Å²) in [5, 5.41) is 12.7. The van der Waals surface area contributed by atoms with Gasteiger partial charge < -0.3 is 10.2 Å². The van der Waals surface area contributed by atoms with Crippen molar-refractivity contribution in [3.63, 3.8) is 0 Å². The van der Waals surface area contributed by atoms with Crippen molar-refractivity contribution in [3.05, 3.63) is 64.4 Å². The maximum atomic E-state index is 13.0. The number of halogens is 2. The first-order valence-electron chi connectivity index (χ1n) is 8.39. The highest BCUT2D eigenvalue weighted by atomic mass is 35.5. The summed E-state index contributed by atoms with van der Waals surface area (Å²) in [6.45, 7) is 2.35. The Labute approximate surface area is 175 Å². The van der Waals surface area contributed by atoms with Crippen LogP contribution in [0.1, 0.15) is 11.1 Å². The Bertz CT molecular complexity index is 965. The third-order valence-electron chi connectivity index (χ3n) is 3.99. The van der Waals surface area contributed by atoms with Gasteiger partial charge in [-0.3, -0.25) is 4.79 Å². The van der Waals surface area contributed by atoms with Crippen LogP contribution in [0.3, 0.4) is 0 Å². The third-order valence-corrected chi connectivity index (χ3v) is 6.36. The average Bonchev–Trinajstić information content (AvgIpc) is 3.12. The number of thioether (sulfide) groups is 1. The summed E-state index contributed by atoms with van der Waals surface area (Å²) in [7, 11) is 1.72. The number of benzene rings is 2. The van der Waals surface area contributed by atoms with E-state index < -0.39 is 0 Å². The Balaban J connectivity index is 1.52. The third kappa shape index (κ3) is 5.43. The minimum Gasteiger partial charge on any atom is -0.341 e. The largest absolute Gasteiger partial charge is 0.341 e. The van der Waals surface area contributed by atoms with Crippen molar-refractivity contribution in [2.24, 2.45) is 0 Å². The SMILES string of the molecule is Cc1c(Cl)cccc1Nc1nnc(SCC(=O)N(C)Cc2ccc(F)cc2)s1. The number of aromatic nitrogens is 2. The summed E-state index contributed by atoms with van der Waals surface area (Å²) in [6, 6.07) is 11.7. The summed E-state index contributed by atoms with van der Waals surface area (Å²) >= 11 is 8.84. The molecule has 146 valence electrons. The average molecular weight is 437 g/mol. The molecule has 3 aromatic rings. The Hall–Kier alpha value is -2.16. The van der Waals surface area contributed by atoms with Crippen molar-refractivity contribution < 1.29 is 9.18 Å². The van der Waals surface area contributed by atoms with Crippen LogP contribution in [0.4, 0.5) is 15.2 Å². The summed E-state index contributed by atoms with van der Waals surface area (Å²) in [5.74, 6) is -0.0747. The van der Waals surface area contributed by atoms with E-state index in [1.807, 2.05) is 25.1 Å². The van der Waals surface area contributed by atoms with Gasteiger partial charge in [0.15, 0.2) is 4.34 Å². The van der Waals surface area contributed by atoms with Gasteiger partial charge in [0.1, 0.15) is 5.82 Å². The quantitative estimate of drug-likeness (QED) is 0.520. The molecule has 1 N–H and O–H groups in total. The van der Waals surface area contributed by atoms with E-state index in [2.05, 4.69) is 15.5 Å². The van der Waals surface area contributed by atoms with Gasteiger partial charge in [0.05, 0.1) is 5.75 Å². The molecule has 0 aliphatic heterocycles. The van der Waals surface area contributed by atoms with Crippen LogP contribution < -0.4 is 5.32 Å². The highest BCUT2D eigenvalue weighted by Gasteiger charge is 2.13. The second-order valence-electron chi connectivity index (χ2n) is 6.08. The molecule has 0 saturated heterocycles. The van der Waals surface area contributed by atoms with E-state index in [9.17, 15) is 9.18 Å². The van der Waals surface area contributed by atoms with Crippen LogP contribution >= 0.6 is 34.7 Å². The van der Waals surface area contributed by atoms with Crippen molar-refractivity contribution in [1.82, 2.24) is 15.1 Å². The van der Waals surface area contributed by atoms with Crippen LogP contribution in [0, 0.1) is 12.7 Å². The first-order chi connectivity index (χ1) is 13.4. The van der Waals surface area contributed by atoms with Crippen molar-refractivity contribution in [1.29, 1.82) is 0 Å². The number of nitrogens with one attached hydrogen (secondary N) is 1. The molecule has 0 aliphatic rings. The Morgan fingerprint density at radius 1 is 1.25 bits per heavy atom. The maximum Gasteiger partial charge on any atom is 0.233 e. The van der Waals surface area contributed by atoms with Gasteiger partial charge in [-0.15, -0.1) is 10.2 Å². The van der Waals surface area contributed by atoms with Crippen LogP contribution in [0.5, 0.6) is 0 Å². The van der Waals surface area contributed by atoms with E-state index >= 15 is 0 Å². The lowest BCUT2D eigenvalue weighted by molar-refractivity contribution is -0.127. The monoisotopic (exact) mass is 436 g/mol. The van der Waals surface area contributed by atoms with Crippen LogP contribution in [0.15, 0.2) is 46.8 Å². The fraction of sp³-hybridized carbons (Fsp3) is 0.211. The molecule has 0 bridgehead atoms. The van der Waals surface area contributed by atoms with Crippen LogP contribution in [-0.2, 0) is 11.3 Å². The summed E-state index contributed by atoms with van der Waals surface area (Å²) in [6.07, 6.45) is 0. The molecule has 1 amide bonds. The van der Waals surface area contributed by atoms with Gasteiger partial charge in [0.2, 0.25) is 11.0 Å².